The monoisotopic (exact) mass is 445 g/mol. The summed E-state index contributed by atoms with van der Waals surface area (Å²) in [5.74, 6) is 1.09. The maximum absolute atomic E-state index is 13.5. The molecular formula is C24H19N3O4S. The Labute approximate surface area is 188 Å². The summed E-state index contributed by atoms with van der Waals surface area (Å²) in [5, 5.41) is 0.562. The summed E-state index contributed by atoms with van der Waals surface area (Å²) < 4.78 is 12.3. The summed E-state index contributed by atoms with van der Waals surface area (Å²) in [4.78, 5) is 35.6. The molecule has 1 aliphatic rings. The Hall–Kier alpha value is -3.78. The summed E-state index contributed by atoms with van der Waals surface area (Å²) >= 11 is 1.41. The zero-order valence-corrected chi connectivity index (χ0v) is 18.1. The number of ether oxygens (including phenoxy) is 2. The number of amides is 1. The molecule has 7 nitrogen and oxygen atoms in total. The van der Waals surface area contributed by atoms with Crippen LogP contribution in [0.15, 0.2) is 60.9 Å². The van der Waals surface area contributed by atoms with Gasteiger partial charge in [0.25, 0.3) is 5.91 Å². The van der Waals surface area contributed by atoms with Crippen LogP contribution >= 0.6 is 11.3 Å². The predicted octanol–water partition coefficient (Wildman–Crippen LogP) is 4.51. The van der Waals surface area contributed by atoms with Crippen molar-refractivity contribution in [2.24, 2.45) is 0 Å². The van der Waals surface area contributed by atoms with Gasteiger partial charge in [0.2, 0.25) is 0 Å². The van der Waals surface area contributed by atoms with E-state index in [2.05, 4.69) is 4.98 Å². The van der Waals surface area contributed by atoms with Crippen LogP contribution in [0, 0.1) is 0 Å². The van der Waals surface area contributed by atoms with Crippen LogP contribution < -0.4 is 14.4 Å². The first kappa shape index (κ1) is 20.1. The average Bonchev–Trinajstić information content (AvgIpc) is 3.23. The van der Waals surface area contributed by atoms with Crippen LogP contribution in [0.3, 0.4) is 0 Å². The molecule has 5 rings (SSSR count). The maximum atomic E-state index is 13.5. The quantitative estimate of drug-likeness (QED) is 0.421. The smallest absolute Gasteiger partial charge is 0.260 e. The number of carbonyl (C=O) groups excluding carboxylic acids is 2. The van der Waals surface area contributed by atoms with E-state index in [0.29, 0.717) is 47.5 Å². The van der Waals surface area contributed by atoms with Crippen molar-refractivity contribution in [2.75, 3.05) is 18.1 Å². The van der Waals surface area contributed by atoms with Crippen LogP contribution in [-0.2, 0) is 6.54 Å². The fourth-order valence-electron chi connectivity index (χ4n) is 3.47. The normalized spacial score (nSPS) is 12.5. The molecule has 32 heavy (non-hydrogen) atoms. The fourth-order valence-corrected chi connectivity index (χ4v) is 4.45. The second-order valence-corrected chi connectivity index (χ2v) is 8.36. The van der Waals surface area contributed by atoms with Gasteiger partial charge >= 0.3 is 0 Å². The molecule has 8 heteroatoms. The number of nitrogens with zero attached hydrogens (tertiary/aromatic N) is 3. The SMILES string of the molecule is CC(=O)c1ccc(C(=O)N(Cc2cccnc2)c2nc3cc4c(cc3s2)OCCO4)cc1. The molecule has 2 aromatic heterocycles. The summed E-state index contributed by atoms with van der Waals surface area (Å²) in [5.41, 5.74) is 2.66. The lowest BCUT2D eigenvalue weighted by atomic mass is 10.1. The molecule has 0 bridgehead atoms. The fraction of sp³-hybridized carbons (Fsp3) is 0.167. The molecule has 1 aliphatic heterocycles. The summed E-state index contributed by atoms with van der Waals surface area (Å²) in [6.07, 6.45) is 3.42. The number of hydrogen-bond acceptors (Lipinski definition) is 7. The molecule has 0 fully saturated rings. The van der Waals surface area contributed by atoms with Crippen LogP contribution in [0.4, 0.5) is 5.13 Å². The van der Waals surface area contributed by atoms with Gasteiger partial charge in [0.05, 0.1) is 16.8 Å². The van der Waals surface area contributed by atoms with E-state index in [0.717, 1.165) is 15.8 Å². The minimum atomic E-state index is -0.208. The Balaban J connectivity index is 1.54. The number of benzene rings is 2. The molecule has 0 aliphatic carbocycles. The van der Waals surface area contributed by atoms with Gasteiger partial charge in [-0.05, 0) is 30.7 Å². The first-order chi connectivity index (χ1) is 15.6. The zero-order chi connectivity index (χ0) is 22.1. The predicted molar refractivity (Wildman–Crippen MR) is 122 cm³/mol. The Morgan fingerprint density at radius 2 is 1.75 bits per heavy atom. The van der Waals surface area contributed by atoms with Crippen LogP contribution in [-0.4, -0.2) is 34.9 Å². The second kappa shape index (κ2) is 8.39. The Morgan fingerprint density at radius 1 is 1.03 bits per heavy atom. The van der Waals surface area contributed by atoms with Crippen molar-refractivity contribution in [3.8, 4) is 11.5 Å². The van der Waals surface area contributed by atoms with Gasteiger partial charge in [0, 0.05) is 35.7 Å². The minimum absolute atomic E-state index is 0.0456. The molecule has 0 unspecified atom stereocenters. The number of Topliss-reactive ketones (excluding diaryl/α,β-unsaturated/α-hetero) is 1. The molecule has 160 valence electrons. The van der Waals surface area contributed by atoms with Gasteiger partial charge in [0.1, 0.15) is 13.2 Å². The molecule has 0 atom stereocenters. The lowest BCUT2D eigenvalue weighted by molar-refractivity contribution is 0.0981. The minimum Gasteiger partial charge on any atom is -0.486 e. The number of fused-ring (bicyclic) bond motifs is 2. The zero-order valence-electron chi connectivity index (χ0n) is 17.3. The van der Waals surface area contributed by atoms with Crippen molar-refractivity contribution in [1.29, 1.82) is 0 Å². The van der Waals surface area contributed by atoms with E-state index in [9.17, 15) is 9.59 Å². The molecule has 0 saturated heterocycles. The van der Waals surface area contributed by atoms with Gasteiger partial charge in [-0.2, -0.15) is 0 Å². The number of hydrogen-bond donors (Lipinski definition) is 0. The molecule has 4 aromatic rings. The van der Waals surface area contributed by atoms with E-state index in [-0.39, 0.29) is 11.7 Å². The number of pyridine rings is 1. The molecule has 0 radical (unpaired) electrons. The van der Waals surface area contributed by atoms with Crippen LogP contribution in [0.1, 0.15) is 33.2 Å². The van der Waals surface area contributed by atoms with Crippen LogP contribution in [0.2, 0.25) is 0 Å². The number of carbonyl (C=O) groups is 2. The van der Waals surface area contributed by atoms with Gasteiger partial charge in [0.15, 0.2) is 22.4 Å². The van der Waals surface area contributed by atoms with Crippen LogP contribution in [0.5, 0.6) is 11.5 Å². The third-order valence-corrected chi connectivity index (χ3v) is 6.16. The number of rotatable bonds is 5. The van der Waals surface area contributed by atoms with Crippen molar-refractivity contribution in [3.05, 3.63) is 77.6 Å². The molecule has 3 heterocycles. The topological polar surface area (TPSA) is 81.6 Å². The summed E-state index contributed by atoms with van der Waals surface area (Å²) in [7, 11) is 0. The Bertz CT molecular complexity index is 1260. The first-order valence-electron chi connectivity index (χ1n) is 10.1. The standard InChI is InChI=1S/C24H19N3O4S/c1-15(28)17-4-6-18(7-5-17)23(29)27(14-16-3-2-8-25-13-16)24-26-19-11-20-21(12-22(19)32-24)31-10-9-30-20/h2-8,11-13H,9-10,14H2,1H3. The van der Waals surface area contributed by atoms with Crippen molar-refractivity contribution in [1.82, 2.24) is 9.97 Å². The average molecular weight is 446 g/mol. The molecule has 2 aromatic carbocycles. The maximum Gasteiger partial charge on any atom is 0.260 e. The number of aromatic nitrogens is 2. The van der Waals surface area contributed by atoms with Gasteiger partial charge in [-0.25, -0.2) is 4.98 Å². The summed E-state index contributed by atoms with van der Waals surface area (Å²) in [6.45, 7) is 2.82. The van der Waals surface area contributed by atoms with Gasteiger partial charge in [-0.3, -0.25) is 19.5 Å². The highest BCUT2D eigenvalue weighted by Gasteiger charge is 2.23. The Morgan fingerprint density at radius 3 is 2.44 bits per heavy atom. The van der Waals surface area contributed by atoms with E-state index in [4.69, 9.17) is 14.5 Å². The van der Waals surface area contributed by atoms with Crippen molar-refractivity contribution in [3.63, 3.8) is 0 Å². The van der Waals surface area contributed by atoms with Crippen molar-refractivity contribution in [2.45, 2.75) is 13.5 Å². The molecule has 0 spiro atoms. The van der Waals surface area contributed by atoms with Gasteiger partial charge in [-0.1, -0.05) is 29.5 Å². The summed E-state index contributed by atoms with van der Waals surface area (Å²) in [6, 6.07) is 14.2. The molecule has 0 N–H and O–H groups in total. The number of ketones is 1. The Kier molecular flexibility index (Phi) is 5.28. The molecule has 1 amide bonds. The van der Waals surface area contributed by atoms with Crippen molar-refractivity contribution < 1.29 is 19.1 Å². The van der Waals surface area contributed by atoms with E-state index in [1.54, 1.807) is 41.6 Å². The highest BCUT2D eigenvalue weighted by atomic mass is 32.1. The largest absolute Gasteiger partial charge is 0.486 e. The lowest BCUT2D eigenvalue weighted by Gasteiger charge is -2.20. The lowest BCUT2D eigenvalue weighted by Crippen LogP contribution is -2.30. The highest BCUT2D eigenvalue weighted by molar-refractivity contribution is 7.22. The van der Waals surface area contributed by atoms with Crippen molar-refractivity contribution >= 4 is 38.4 Å². The van der Waals surface area contributed by atoms with Gasteiger partial charge < -0.3 is 9.47 Å². The third kappa shape index (κ3) is 3.92. The van der Waals surface area contributed by atoms with E-state index >= 15 is 0 Å². The number of anilines is 1. The van der Waals surface area contributed by atoms with E-state index in [1.165, 1.54) is 18.3 Å². The number of thiazole rings is 1. The van der Waals surface area contributed by atoms with E-state index in [1.807, 2.05) is 24.3 Å². The third-order valence-electron chi connectivity index (χ3n) is 5.12. The van der Waals surface area contributed by atoms with E-state index < -0.39 is 0 Å². The highest BCUT2D eigenvalue weighted by Crippen LogP contribution is 2.39. The van der Waals surface area contributed by atoms with Crippen LogP contribution in [0.25, 0.3) is 10.2 Å². The molecule has 0 saturated carbocycles. The molecular weight excluding hydrogens is 426 g/mol. The van der Waals surface area contributed by atoms with Gasteiger partial charge in [-0.15, -0.1) is 0 Å². The first-order valence-corrected chi connectivity index (χ1v) is 10.9. The second-order valence-electron chi connectivity index (χ2n) is 7.35.